The maximum atomic E-state index is 13.3. The molecule has 0 spiro atoms. The maximum absolute atomic E-state index is 13.3. The Balaban J connectivity index is 2.86. The van der Waals surface area contributed by atoms with Crippen LogP contribution >= 0.6 is 11.6 Å². The summed E-state index contributed by atoms with van der Waals surface area (Å²) in [5.41, 5.74) is -1.58. The van der Waals surface area contributed by atoms with Crippen LogP contribution in [-0.4, -0.2) is 23.2 Å². The zero-order valence-electron chi connectivity index (χ0n) is 9.35. The van der Waals surface area contributed by atoms with Crippen molar-refractivity contribution in [2.75, 3.05) is 6.54 Å². The molecule has 1 aromatic rings. The zero-order chi connectivity index (χ0) is 13.2. The minimum Gasteiger partial charge on any atom is -0.389 e. The van der Waals surface area contributed by atoms with E-state index < -0.39 is 28.7 Å². The largest absolute Gasteiger partial charge is 0.389 e. The molecule has 1 amide bonds. The first-order chi connectivity index (χ1) is 7.70. The summed E-state index contributed by atoms with van der Waals surface area (Å²) in [5.74, 6) is -2.59. The predicted molar refractivity (Wildman–Crippen MR) is 60.0 cm³/mol. The summed E-state index contributed by atoms with van der Waals surface area (Å²) in [6.45, 7) is 2.88. The van der Waals surface area contributed by atoms with Crippen molar-refractivity contribution in [1.82, 2.24) is 5.32 Å². The number of amides is 1. The molecule has 0 radical (unpaired) electrons. The van der Waals surface area contributed by atoms with Crippen LogP contribution in [0.4, 0.5) is 8.78 Å². The number of nitrogens with one attached hydrogen (secondary N) is 1. The van der Waals surface area contributed by atoms with E-state index in [1.165, 1.54) is 13.8 Å². The first-order valence-corrected chi connectivity index (χ1v) is 5.23. The van der Waals surface area contributed by atoms with E-state index in [1.54, 1.807) is 0 Å². The summed E-state index contributed by atoms with van der Waals surface area (Å²) in [5, 5.41) is 11.3. The highest BCUT2D eigenvalue weighted by molar-refractivity contribution is 6.30. The second-order valence-electron chi connectivity index (χ2n) is 4.24. The van der Waals surface area contributed by atoms with Crippen LogP contribution in [0.1, 0.15) is 24.2 Å². The molecule has 0 aromatic heterocycles. The standard InChI is InChI=1S/C11H12ClF2NO2/c1-11(2,17)5-15-10(16)6-3-9(14)7(12)4-8(6)13/h3-4,17H,5H2,1-2H3,(H,15,16). The normalized spacial score (nSPS) is 11.4. The van der Waals surface area contributed by atoms with Crippen molar-refractivity contribution in [3.8, 4) is 0 Å². The number of benzene rings is 1. The predicted octanol–water partition coefficient (Wildman–Crippen LogP) is 2.12. The molecule has 0 aliphatic carbocycles. The van der Waals surface area contributed by atoms with Crippen LogP contribution in [0.5, 0.6) is 0 Å². The summed E-state index contributed by atoms with van der Waals surface area (Å²) in [6.07, 6.45) is 0. The van der Waals surface area contributed by atoms with Crippen LogP contribution in [0.2, 0.25) is 5.02 Å². The van der Waals surface area contributed by atoms with E-state index in [0.717, 1.165) is 12.1 Å². The van der Waals surface area contributed by atoms with Gasteiger partial charge in [-0.2, -0.15) is 0 Å². The average Bonchev–Trinajstić information content (AvgIpc) is 2.19. The van der Waals surface area contributed by atoms with E-state index in [-0.39, 0.29) is 11.6 Å². The summed E-state index contributed by atoms with van der Waals surface area (Å²) in [6, 6.07) is 1.45. The third-order valence-corrected chi connectivity index (χ3v) is 2.23. The molecule has 0 atom stereocenters. The van der Waals surface area contributed by atoms with Crippen LogP contribution in [0, 0.1) is 11.6 Å². The van der Waals surface area contributed by atoms with Crippen molar-refractivity contribution >= 4 is 17.5 Å². The Kier molecular flexibility index (Phi) is 4.06. The average molecular weight is 264 g/mol. The van der Waals surface area contributed by atoms with Gasteiger partial charge in [0.25, 0.3) is 5.91 Å². The molecule has 0 saturated carbocycles. The molecule has 1 aromatic carbocycles. The van der Waals surface area contributed by atoms with E-state index >= 15 is 0 Å². The fourth-order valence-electron chi connectivity index (χ4n) is 1.09. The lowest BCUT2D eigenvalue weighted by Gasteiger charge is -2.17. The minimum absolute atomic E-state index is 0.0739. The van der Waals surface area contributed by atoms with Crippen molar-refractivity contribution in [2.45, 2.75) is 19.4 Å². The molecule has 1 rings (SSSR count). The summed E-state index contributed by atoms with van der Waals surface area (Å²) >= 11 is 5.35. The Labute approximate surface area is 102 Å². The number of rotatable bonds is 3. The van der Waals surface area contributed by atoms with Crippen molar-refractivity contribution in [2.24, 2.45) is 0 Å². The quantitative estimate of drug-likeness (QED) is 0.821. The molecule has 0 bridgehead atoms. The number of hydrogen-bond acceptors (Lipinski definition) is 2. The lowest BCUT2D eigenvalue weighted by molar-refractivity contribution is 0.0692. The van der Waals surface area contributed by atoms with Gasteiger partial charge in [-0.3, -0.25) is 4.79 Å². The van der Waals surface area contributed by atoms with Crippen molar-refractivity contribution in [1.29, 1.82) is 0 Å². The highest BCUT2D eigenvalue weighted by Crippen LogP contribution is 2.19. The molecule has 0 saturated heterocycles. The molecule has 0 fully saturated rings. The first-order valence-electron chi connectivity index (χ1n) is 4.86. The molecular formula is C11H12ClF2NO2. The molecule has 3 nitrogen and oxygen atoms in total. The molecule has 0 heterocycles. The number of halogens is 3. The number of hydrogen-bond donors (Lipinski definition) is 2. The van der Waals surface area contributed by atoms with Crippen molar-refractivity contribution in [3.05, 3.63) is 34.4 Å². The second kappa shape index (κ2) is 4.98. The smallest absolute Gasteiger partial charge is 0.254 e. The second-order valence-corrected chi connectivity index (χ2v) is 4.65. The summed E-state index contributed by atoms with van der Waals surface area (Å²) < 4.78 is 26.4. The van der Waals surface area contributed by atoms with Gasteiger partial charge in [0.05, 0.1) is 16.2 Å². The molecule has 94 valence electrons. The Hall–Kier alpha value is -1.20. The van der Waals surface area contributed by atoms with Gasteiger partial charge in [0, 0.05) is 6.54 Å². The number of aliphatic hydroxyl groups is 1. The lowest BCUT2D eigenvalue weighted by Crippen LogP contribution is -2.38. The van der Waals surface area contributed by atoms with Crippen LogP contribution in [-0.2, 0) is 0 Å². The maximum Gasteiger partial charge on any atom is 0.254 e. The number of carbonyl (C=O) groups is 1. The van der Waals surface area contributed by atoms with Gasteiger partial charge in [-0.25, -0.2) is 8.78 Å². The van der Waals surface area contributed by atoms with Gasteiger partial charge in [0.2, 0.25) is 0 Å². The minimum atomic E-state index is -1.13. The fourth-order valence-corrected chi connectivity index (χ4v) is 1.24. The lowest BCUT2D eigenvalue weighted by atomic mass is 10.1. The Morgan fingerprint density at radius 2 is 2.00 bits per heavy atom. The Bertz CT molecular complexity index is 444. The first kappa shape index (κ1) is 13.9. The van der Waals surface area contributed by atoms with Gasteiger partial charge in [-0.15, -0.1) is 0 Å². The van der Waals surface area contributed by atoms with Gasteiger partial charge in [-0.1, -0.05) is 11.6 Å². The fraction of sp³-hybridized carbons (Fsp3) is 0.364. The van der Waals surface area contributed by atoms with E-state index in [0.29, 0.717) is 0 Å². The highest BCUT2D eigenvalue weighted by atomic mass is 35.5. The van der Waals surface area contributed by atoms with Crippen LogP contribution in [0.3, 0.4) is 0 Å². The third-order valence-electron chi connectivity index (χ3n) is 1.94. The summed E-state index contributed by atoms with van der Waals surface area (Å²) in [4.78, 5) is 11.5. The van der Waals surface area contributed by atoms with E-state index in [2.05, 4.69) is 5.32 Å². The molecule has 17 heavy (non-hydrogen) atoms. The monoisotopic (exact) mass is 263 g/mol. The Morgan fingerprint density at radius 3 is 2.53 bits per heavy atom. The van der Waals surface area contributed by atoms with Crippen LogP contribution in [0.15, 0.2) is 12.1 Å². The molecular weight excluding hydrogens is 252 g/mol. The topological polar surface area (TPSA) is 49.3 Å². The van der Waals surface area contributed by atoms with Gasteiger partial charge < -0.3 is 10.4 Å². The van der Waals surface area contributed by atoms with Crippen molar-refractivity contribution < 1.29 is 18.7 Å². The molecule has 6 heteroatoms. The number of carbonyl (C=O) groups excluding carboxylic acids is 1. The van der Waals surface area contributed by atoms with Gasteiger partial charge in [-0.05, 0) is 26.0 Å². The highest BCUT2D eigenvalue weighted by Gasteiger charge is 2.18. The third kappa shape index (κ3) is 3.94. The molecule has 2 N–H and O–H groups in total. The summed E-state index contributed by atoms with van der Waals surface area (Å²) in [7, 11) is 0. The van der Waals surface area contributed by atoms with E-state index in [4.69, 9.17) is 11.6 Å². The van der Waals surface area contributed by atoms with E-state index in [1.807, 2.05) is 0 Å². The van der Waals surface area contributed by atoms with E-state index in [9.17, 15) is 18.7 Å². The SMILES string of the molecule is CC(C)(O)CNC(=O)c1cc(F)c(Cl)cc1F. The van der Waals surface area contributed by atoms with Gasteiger partial charge >= 0.3 is 0 Å². The van der Waals surface area contributed by atoms with Crippen molar-refractivity contribution in [3.63, 3.8) is 0 Å². The van der Waals surface area contributed by atoms with Gasteiger partial charge in [0.1, 0.15) is 11.6 Å². The zero-order valence-corrected chi connectivity index (χ0v) is 10.1. The molecule has 0 aliphatic heterocycles. The van der Waals surface area contributed by atoms with Crippen LogP contribution < -0.4 is 5.32 Å². The van der Waals surface area contributed by atoms with Gasteiger partial charge in [0.15, 0.2) is 0 Å². The molecule has 0 unspecified atom stereocenters. The Morgan fingerprint density at radius 1 is 1.41 bits per heavy atom. The molecule has 0 aliphatic rings. The van der Waals surface area contributed by atoms with Crippen LogP contribution in [0.25, 0.3) is 0 Å².